The minimum absolute atomic E-state index is 0.186. The summed E-state index contributed by atoms with van der Waals surface area (Å²) in [5, 5.41) is 8.97. The maximum Gasteiger partial charge on any atom is 0.228 e. The monoisotopic (exact) mass is 382 g/mol. The predicted octanol–water partition coefficient (Wildman–Crippen LogP) is 3.14. The molecule has 0 aliphatic carbocycles. The summed E-state index contributed by atoms with van der Waals surface area (Å²) >= 11 is 0. The summed E-state index contributed by atoms with van der Waals surface area (Å²) < 4.78 is 18.9. The van der Waals surface area contributed by atoms with Crippen LogP contribution in [0.15, 0.2) is 46.9 Å². The lowest BCUT2D eigenvalue weighted by Gasteiger charge is -2.19. The molecule has 1 aliphatic rings. The van der Waals surface area contributed by atoms with Crippen molar-refractivity contribution in [3.8, 4) is 11.6 Å². The topological polar surface area (TPSA) is 65.6 Å². The van der Waals surface area contributed by atoms with Gasteiger partial charge in [0.15, 0.2) is 5.76 Å². The molecule has 0 amide bonds. The van der Waals surface area contributed by atoms with Gasteiger partial charge in [0.25, 0.3) is 0 Å². The maximum atomic E-state index is 5.91. The standard InChI is InChI=1S/C21H26N4O3/c1-16-8-9-19(28-16)20-22-23-21(25(20)14-17-6-4-3-5-7-17)24-11-10-18(15-24)27-13-12-26-2/h3-9,18H,10-15H2,1-2H3/t18-/m0/s1. The zero-order chi connectivity index (χ0) is 19.3. The Hall–Kier alpha value is -2.64. The predicted molar refractivity (Wildman–Crippen MR) is 106 cm³/mol. The van der Waals surface area contributed by atoms with Crippen LogP contribution >= 0.6 is 0 Å². The van der Waals surface area contributed by atoms with Crippen molar-refractivity contribution >= 4 is 5.95 Å². The Kier molecular flexibility index (Phi) is 5.73. The average Bonchev–Trinajstić information content (AvgIpc) is 3.43. The van der Waals surface area contributed by atoms with Crippen molar-refractivity contribution in [2.45, 2.75) is 26.0 Å². The van der Waals surface area contributed by atoms with E-state index < -0.39 is 0 Å². The number of hydrogen-bond acceptors (Lipinski definition) is 6. The van der Waals surface area contributed by atoms with Gasteiger partial charge in [0.05, 0.1) is 25.9 Å². The molecule has 1 fully saturated rings. The number of benzene rings is 1. The molecule has 1 aromatic carbocycles. The summed E-state index contributed by atoms with van der Waals surface area (Å²) in [4.78, 5) is 2.24. The van der Waals surface area contributed by atoms with Crippen molar-refractivity contribution in [3.05, 3.63) is 53.8 Å². The second-order valence-corrected chi connectivity index (χ2v) is 7.03. The van der Waals surface area contributed by atoms with Crippen LogP contribution in [0.4, 0.5) is 5.95 Å². The van der Waals surface area contributed by atoms with Gasteiger partial charge < -0.3 is 18.8 Å². The van der Waals surface area contributed by atoms with E-state index in [0.29, 0.717) is 19.8 Å². The fourth-order valence-electron chi connectivity index (χ4n) is 3.52. The van der Waals surface area contributed by atoms with Gasteiger partial charge in [-0.25, -0.2) is 0 Å². The van der Waals surface area contributed by atoms with Gasteiger partial charge in [-0.2, -0.15) is 0 Å². The summed E-state index contributed by atoms with van der Waals surface area (Å²) in [7, 11) is 1.69. The van der Waals surface area contributed by atoms with E-state index in [1.165, 1.54) is 5.56 Å². The first kappa shape index (κ1) is 18.7. The Balaban J connectivity index is 1.59. The highest BCUT2D eigenvalue weighted by Crippen LogP contribution is 2.28. The molecule has 0 spiro atoms. The van der Waals surface area contributed by atoms with E-state index in [2.05, 4.69) is 31.8 Å². The molecule has 7 heteroatoms. The van der Waals surface area contributed by atoms with Gasteiger partial charge in [0.1, 0.15) is 5.76 Å². The molecule has 0 N–H and O–H groups in total. The molecule has 28 heavy (non-hydrogen) atoms. The fourth-order valence-corrected chi connectivity index (χ4v) is 3.52. The zero-order valence-electron chi connectivity index (χ0n) is 16.4. The number of aryl methyl sites for hydroxylation is 1. The van der Waals surface area contributed by atoms with Gasteiger partial charge in [-0.1, -0.05) is 30.3 Å². The first-order valence-electron chi connectivity index (χ1n) is 9.64. The van der Waals surface area contributed by atoms with E-state index in [0.717, 1.165) is 42.8 Å². The van der Waals surface area contributed by atoms with Crippen LogP contribution < -0.4 is 4.90 Å². The Labute approximate surface area is 164 Å². The van der Waals surface area contributed by atoms with Gasteiger partial charge in [-0.3, -0.25) is 4.57 Å². The number of methoxy groups -OCH3 is 1. The maximum absolute atomic E-state index is 5.91. The molecule has 0 radical (unpaired) electrons. The second-order valence-electron chi connectivity index (χ2n) is 7.03. The Bertz CT molecular complexity index is 890. The third-order valence-electron chi connectivity index (χ3n) is 4.94. The summed E-state index contributed by atoms with van der Waals surface area (Å²) in [5.41, 5.74) is 1.19. The van der Waals surface area contributed by atoms with Crippen LogP contribution in [0.1, 0.15) is 17.7 Å². The summed E-state index contributed by atoms with van der Waals surface area (Å²) in [6.07, 6.45) is 1.16. The third kappa shape index (κ3) is 4.10. The summed E-state index contributed by atoms with van der Waals surface area (Å²) in [5.74, 6) is 3.19. The van der Waals surface area contributed by atoms with Crippen LogP contribution in [0.2, 0.25) is 0 Å². The van der Waals surface area contributed by atoms with Gasteiger partial charge in [0, 0.05) is 20.2 Å². The van der Waals surface area contributed by atoms with Crippen molar-refractivity contribution in [3.63, 3.8) is 0 Å². The lowest BCUT2D eigenvalue weighted by Crippen LogP contribution is -2.26. The lowest BCUT2D eigenvalue weighted by atomic mass is 10.2. The molecule has 0 saturated carbocycles. The molecule has 1 saturated heterocycles. The average molecular weight is 382 g/mol. The molecule has 0 unspecified atom stereocenters. The van der Waals surface area contributed by atoms with Crippen LogP contribution in [-0.4, -0.2) is 54.3 Å². The molecule has 3 aromatic rings. The fraction of sp³-hybridized carbons (Fsp3) is 0.429. The number of ether oxygens (including phenoxy) is 2. The summed E-state index contributed by atoms with van der Waals surface area (Å²) in [6, 6.07) is 14.2. The zero-order valence-corrected chi connectivity index (χ0v) is 16.4. The molecule has 3 heterocycles. The second kappa shape index (κ2) is 8.58. The summed E-state index contributed by atoms with van der Waals surface area (Å²) in [6.45, 7) is 5.54. The third-order valence-corrected chi connectivity index (χ3v) is 4.94. The van der Waals surface area contributed by atoms with Gasteiger partial charge >= 0.3 is 0 Å². The van der Waals surface area contributed by atoms with E-state index in [1.807, 2.05) is 37.3 Å². The normalized spacial score (nSPS) is 16.8. The molecule has 1 atom stereocenters. The van der Waals surface area contributed by atoms with E-state index >= 15 is 0 Å². The largest absolute Gasteiger partial charge is 0.458 e. The van der Waals surface area contributed by atoms with Crippen molar-refractivity contribution in [1.82, 2.24) is 14.8 Å². The highest BCUT2D eigenvalue weighted by atomic mass is 16.5. The lowest BCUT2D eigenvalue weighted by molar-refractivity contribution is 0.0280. The Morgan fingerprint density at radius 3 is 2.71 bits per heavy atom. The van der Waals surface area contributed by atoms with Gasteiger partial charge in [-0.05, 0) is 31.0 Å². The number of rotatable bonds is 8. The number of anilines is 1. The smallest absolute Gasteiger partial charge is 0.228 e. The van der Waals surface area contributed by atoms with Gasteiger partial charge in [-0.15, -0.1) is 10.2 Å². The van der Waals surface area contributed by atoms with Crippen molar-refractivity contribution < 1.29 is 13.9 Å². The van der Waals surface area contributed by atoms with E-state index in [9.17, 15) is 0 Å². The molecule has 1 aliphatic heterocycles. The highest BCUT2D eigenvalue weighted by molar-refractivity contribution is 5.52. The van der Waals surface area contributed by atoms with Crippen LogP contribution in [0.3, 0.4) is 0 Å². The van der Waals surface area contributed by atoms with Crippen molar-refractivity contribution in [2.75, 3.05) is 38.3 Å². The van der Waals surface area contributed by atoms with E-state index in [4.69, 9.17) is 13.9 Å². The van der Waals surface area contributed by atoms with Gasteiger partial charge in [0.2, 0.25) is 11.8 Å². The molecule has 148 valence electrons. The molecule has 4 rings (SSSR count). The van der Waals surface area contributed by atoms with Crippen LogP contribution in [-0.2, 0) is 16.0 Å². The highest BCUT2D eigenvalue weighted by Gasteiger charge is 2.28. The molecule has 0 bridgehead atoms. The SMILES string of the molecule is COCCO[C@H]1CCN(c2nnc(-c3ccc(C)o3)n2Cc2ccccc2)C1. The first-order valence-corrected chi connectivity index (χ1v) is 9.64. The molecule has 7 nitrogen and oxygen atoms in total. The number of aromatic nitrogens is 3. The van der Waals surface area contributed by atoms with Crippen LogP contribution in [0.25, 0.3) is 11.6 Å². The molecular weight excluding hydrogens is 356 g/mol. The van der Waals surface area contributed by atoms with Crippen molar-refractivity contribution in [1.29, 1.82) is 0 Å². The van der Waals surface area contributed by atoms with E-state index in [1.54, 1.807) is 7.11 Å². The quantitative estimate of drug-likeness (QED) is 0.558. The number of furan rings is 1. The Morgan fingerprint density at radius 2 is 1.96 bits per heavy atom. The number of hydrogen-bond donors (Lipinski definition) is 0. The molecule has 2 aromatic heterocycles. The number of nitrogens with zero attached hydrogens (tertiary/aromatic N) is 4. The van der Waals surface area contributed by atoms with Crippen molar-refractivity contribution in [2.24, 2.45) is 0 Å². The van der Waals surface area contributed by atoms with Crippen LogP contribution in [0.5, 0.6) is 0 Å². The first-order chi connectivity index (χ1) is 13.7. The minimum atomic E-state index is 0.186. The van der Waals surface area contributed by atoms with E-state index in [-0.39, 0.29) is 6.10 Å². The Morgan fingerprint density at radius 1 is 1.11 bits per heavy atom. The molecular formula is C21H26N4O3. The minimum Gasteiger partial charge on any atom is -0.458 e. The van der Waals surface area contributed by atoms with Crippen LogP contribution in [0, 0.1) is 6.92 Å².